The van der Waals surface area contributed by atoms with Crippen LogP contribution in [0.2, 0.25) is 0 Å². The lowest BCUT2D eigenvalue weighted by molar-refractivity contribution is -0.122. The van der Waals surface area contributed by atoms with E-state index in [2.05, 4.69) is 0 Å². The van der Waals surface area contributed by atoms with Gasteiger partial charge in [0.1, 0.15) is 16.0 Å². The molecule has 0 spiro atoms. The highest BCUT2D eigenvalue weighted by Crippen LogP contribution is 2.33. The molecule has 0 saturated carbocycles. The number of benzene rings is 1. The predicted octanol–water partition coefficient (Wildman–Crippen LogP) is 3.70. The first-order valence-electron chi connectivity index (χ1n) is 11.5. The maximum atomic E-state index is 13.2. The minimum Gasteiger partial charge on any atom is -0.494 e. The highest BCUT2D eigenvalue weighted by molar-refractivity contribution is 8.26. The number of pyridine rings is 1. The van der Waals surface area contributed by atoms with Crippen molar-refractivity contribution >= 4 is 46.1 Å². The van der Waals surface area contributed by atoms with Gasteiger partial charge >= 0.3 is 0 Å². The Morgan fingerprint density at radius 1 is 1.31 bits per heavy atom. The van der Waals surface area contributed by atoms with E-state index < -0.39 is 17.2 Å². The van der Waals surface area contributed by atoms with Gasteiger partial charge in [0.25, 0.3) is 11.5 Å². The minimum absolute atomic E-state index is 0.0143. The van der Waals surface area contributed by atoms with Crippen molar-refractivity contribution in [3.8, 4) is 11.9 Å². The van der Waals surface area contributed by atoms with Gasteiger partial charge < -0.3 is 9.84 Å². The van der Waals surface area contributed by atoms with Crippen LogP contribution in [0.1, 0.15) is 51.9 Å². The summed E-state index contributed by atoms with van der Waals surface area (Å²) in [6.45, 7) is 4.07. The molecule has 2 aliphatic rings. The van der Waals surface area contributed by atoms with E-state index in [1.807, 2.05) is 37.3 Å². The van der Waals surface area contributed by atoms with Gasteiger partial charge in [0.2, 0.25) is 5.88 Å². The summed E-state index contributed by atoms with van der Waals surface area (Å²) in [5.74, 6) is -1.26. The summed E-state index contributed by atoms with van der Waals surface area (Å²) in [7, 11) is 0. The van der Waals surface area contributed by atoms with Gasteiger partial charge in [0.05, 0.1) is 23.1 Å². The van der Waals surface area contributed by atoms with E-state index in [1.54, 1.807) is 6.08 Å². The molecule has 1 N–H and O–H groups in total. The molecule has 1 atom stereocenters. The van der Waals surface area contributed by atoms with Crippen LogP contribution in [0.5, 0.6) is 5.88 Å². The van der Waals surface area contributed by atoms with E-state index in [1.165, 1.54) is 23.6 Å². The van der Waals surface area contributed by atoms with Crippen molar-refractivity contribution in [2.24, 2.45) is 0 Å². The van der Waals surface area contributed by atoms with E-state index in [0.717, 1.165) is 28.5 Å². The first-order chi connectivity index (χ1) is 17.2. The Morgan fingerprint density at radius 3 is 2.67 bits per heavy atom. The Hall–Kier alpha value is -3.26. The number of carbonyl (C=O) groups is 2. The monoisotopic (exact) mass is 523 g/mol. The smallest absolute Gasteiger partial charge is 0.271 e. The van der Waals surface area contributed by atoms with Crippen molar-refractivity contribution in [2.45, 2.75) is 45.8 Å². The fourth-order valence-electron chi connectivity index (χ4n) is 4.29. The molecular weight excluding hydrogens is 498 g/mol. The number of aromatic hydroxyl groups is 1. The van der Waals surface area contributed by atoms with E-state index in [0.29, 0.717) is 15.8 Å². The van der Waals surface area contributed by atoms with Gasteiger partial charge in [0.15, 0.2) is 5.78 Å². The summed E-state index contributed by atoms with van der Waals surface area (Å²) in [6.07, 6.45) is 2.90. The van der Waals surface area contributed by atoms with Crippen LogP contribution >= 0.6 is 24.0 Å². The van der Waals surface area contributed by atoms with Crippen LogP contribution in [0.3, 0.4) is 0 Å². The van der Waals surface area contributed by atoms with E-state index in [4.69, 9.17) is 17.0 Å². The minimum atomic E-state index is -0.655. The number of nitrogens with zero attached hydrogens (tertiary/aromatic N) is 3. The SMILES string of the molecule is Cc1ccc(/C=C2\SC(=S)N(CCC(=O)c3c(C)c(C#N)c(=O)n(CC4CCCO4)c3O)C2=O)cc1. The molecule has 36 heavy (non-hydrogen) atoms. The number of amides is 1. The Bertz CT molecular complexity index is 1370. The molecule has 0 aliphatic carbocycles. The third-order valence-corrected chi connectivity index (χ3v) is 7.68. The Kier molecular flexibility index (Phi) is 7.73. The fraction of sp³-hybridized carbons (Fsp3) is 0.346. The van der Waals surface area contributed by atoms with Gasteiger partial charge in [-0.1, -0.05) is 53.8 Å². The van der Waals surface area contributed by atoms with Crippen LogP contribution in [-0.2, 0) is 16.1 Å². The van der Waals surface area contributed by atoms with E-state index in [-0.39, 0.29) is 48.2 Å². The van der Waals surface area contributed by atoms with Crippen LogP contribution in [0.15, 0.2) is 34.0 Å². The lowest BCUT2D eigenvalue weighted by Gasteiger charge is -2.19. The summed E-state index contributed by atoms with van der Waals surface area (Å²) < 4.78 is 6.94. The van der Waals surface area contributed by atoms with E-state index in [9.17, 15) is 24.8 Å². The van der Waals surface area contributed by atoms with Crippen LogP contribution in [0, 0.1) is 25.2 Å². The molecule has 2 aromatic rings. The number of ether oxygens (including phenoxy) is 1. The van der Waals surface area contributed by atoms with Crippen molar-refractivity contribution in [3.05, 3.63) is 67.3 Å². The number of thioether (sulfide) groups is 1. The Morgan fingerprint density at radius 2 is 2.03 bits per heavy atom. The maximum Gasteiger partial charge on any atom is 0.271 e. The van der Waals surface area contributed by atoms with Crippen LogP contribution in [-0.4, -0.2) is 49.8 Å². The molecule has 2 fully saturated rings. The van der Waals surface area contributed by atoms with Gasteiger partial charge in [0, 0.05) is 19.6 Å². The van der Waals surface area contributed by atoms with E-state index >= 15 is 0 Å². The second-order valence-electron chi connectivity index (χ2n) is 8.78. The summed E-state index contributed by atoms with van der Waals surface area (Å²) >= 11 is 6.54. The molecule has 1 aromatic heterocycles. The number of nitriles is 1. The number of aromatic nitrogens is 1. The molecule has 0 radical (unpaired) electrons. The van der Waals surface area contributed by atoms with Crippen molar-refractivity contribution in [3.63, 3.8) is 0 Å². The summed E-state index contributed by atoms with van der Waals surface area (Å²) in [4.78, 5) is 40.8. The highest BCUT2D eigenvalue weighted by Gasteiger charge is 2.33. The maximum absolute atomic E-state index is 13.2. The largest absolute Gasteiger partial charge is 0.494 e. The van der Waals surface area contributed by atoms with Crippen molar-refractivity contribution in [1.29, 1.82) is 5.26 Å². The lowest BCUT2D eigenvalue weighted by Crippen LogP contribution is -2.32. The molecule has 3 heterocycles. The average molecular weight is 524 g/mol. The zero-order valence-electron chi connectivity index (χ0n) is 19.9. The Balaban J connectivity index is 1.54. The third-order valence-electron chi connectivity index (χ3n) is 6.30. The number of hydrogen-bond donors (Lipinski definition) is 1. The number of thiocarbonyl (C=S) groups is 1. The quantitative estimate of drug-likeness (QED) is 0.332. The second-order valence-corrected chi connectivity index (χ2v) is 10.5. The molecule has 186 valence electrons. The normalized spacial score (nSPS) is 18.8. The van der Waals surface area contributed by atoms with Crippen molar-refractivity contribution in [2.75, 3.05) is 13.2 Å². The summed E-state index contributed by atoms with van der Waals surface area (Å²) in [6, 6.07) is 9.59. The topological polar surface area (TPSA) is 113 Å². The molecule has 1 aromatic carbocycles. The molecule has 8 nitrogen and oxygen atoms in total. The van der Waals surface area contributed by atoms with Crippen LogP contribution < -0.4 is 5.56 Å². The first-order valence-corrected chi connectivity index (χ1v) is 12.8. The summed E-state index contributed by atoms with van der Waals surface area (Å²) in [5, 5.41) is 20.4. The number of hydrogen-bond acceptors (Lipinski definition) is 8. The van der Waals surface area contributed by atoms with Crippen molar-refractivity contribution < 1.29 is 19.4 Å². The van der Waals surface area contributed by atoms with Crippen LogP contribution in [0.4, 0.5) is 0 Å². The average Bonchev–Trinajstić information content (AvgIpc) is 3.45. The van der Waals surface area contributed by atoms with Gasteiger partial charge in [-0.25, -0.2) is 0 Å². The van der Waals surface area contributed by atoms with Crippen molar-refractivity contribution in [1.82, 2.24) is 9.47 Å². The number of Topliss-reactive ketones (excluding diaryl/α,β-unsaturated/α-hetero) is 1. The number of carbonyl (C=O) groups excluding carboxylic acids is 2. The molecule has 4 rings (SSSR count). The number of rotatable bonds is 7. The van der Waals surface area contributed by atoms with Gasteiger partial charge in [-0.3, -0.25) is 23.9 Å². The molecule has 0 bridgehead atoms. The number of ketones is 1. The standard InChI is InChI=1S/C26H25N3O5S2/c1-15-5-7-17(8-6-15)12-21-24(32)28(26(35)36-21)10-9-20(30)22-16(2)19(13-27)23(31)29(25(22)33)14-18-4-3-11-34-18/h5-8,12,18,33H,3-4,9-11,14H2,1-2H3/b21-12-. The summed E-state index contributed by atoms with van der Waals surface area (Å²) in [5.41, 5.74) is 1.16. The molecule has 1 unspecified atom stereocenters. The fourth-order valence-corrected chi connectivity index (χ4v) is 5.60. The third kappa shape index (κ3) is 5.14. The predicted molar refractivity (Wildman–Crippen MR) is 141 cm³/mol. The second kappa shape index (κ2) is 10.8. The molecule has 1 amide bonds. The zero-order chi connectivity index (χ0) is 26.0. The molecule has 10 heteroatoms. The highest BCUT2D eigenvalue weighted by atomic mass is 32.2. The molecular formula is C26H25N3O5S2. The van der Waals surface area contributed by atoms with Crippen LogP contribution in [0.25, 0.3) is 6.08 Å². The molecule has 2 saturated heterocycles. The lowest BCUT2D eigenvalue weighted by atomic mass is 9.99. The van der Waals surface area contributed by atoms with Gasteiger partial charge in [-0.05, 0) is 43.9 Å². The Labute approximate surface area is 218 Å². The first kappa shape index (κ1) is 25.8. The number of aryl methyl sites for hydroxylation is 1. The van der Waals surface area contributed by atoms with Gasteiger partial charge in [-0.15, -0.1) is 0 Å². The molecule has 2 aliphatic heterocycles. The van der Waals surface area contributed by atoms with Gasteiger partial charge in [-0.2, -0.15) is 5.26 Å². The zero-order valence-corrected chi connectivity index (χ0v) is 21.6.